The number of hydrogen-bond donors (Lipinski definition) is 1. The molecule has 0 saturated carbocycles. The number of hydrogen-bond acceptors (Lipinski definition) is 2. The minimum absolute atomic E-state index is 0.332. The average molecular weight is 216 g/mol. The van der Waals surface area contributed by atoms with E-state index in [0.29, 0.717) is 6.61 Å². The van der Waals surface area contributed by atoms with Crippen LogP contribution in [-0.2, 0) is 4.74 Å². The first-order chi connectivity index (χ1) is 7.02. The standard InChI is InChI=1S/C13H28O2/c1-11(2)6-5-7-12(3)8-9-15-10-13(4)14/h11-14H,5-10H2,1-4H3. The topological polar surface area (TPSA) is 29.5 Å². The lowest BCUT2D eigenvalue weighted by Crippen LogP contribution is -2.12. The first-order valence-electron chi connectivity index (χ1n) is 6.28. The highest BCUT2D eigenvalue weighted by Crippen LogP contribution is 2.14. The van der Waals surface area contributed by atoms with E-state index < -0.39 is 0 Å². The van der Waals surface area contributed by atoms with E-state index >= 15 is 0 Å². The minimum atomic E-state index is -0.332. The fourth-order valence-corrected chi connectivity index (χ4v) is 1.56. The van der Waals surface area contributed by atoms with Crippen LogP contribution in [0.1, 0.15) is 53.4 Å². The molecule has 0 amide bonds. The molecule has 2 atom stereocenters. The van der Waals surface area contributed by atoms with Gasteiger partial charge in [-0.25, -0.2) is 0 Å². The molecule has 2 unspecified atom stereocenters. The van der Waals surface area contributed by atoms with E-state index in [1.54, 1.807) is 6.92 Å². The molecule has 0 heterocycles. The quantitative estimate of drug-likeness (QED) is 0.600. The van der Waals surface area contributed by atoms with E-state index in [1.807, 2.05) is 0 Å². The van der Waals surface area contributed by atoms with Crippen LogP contribution in [-0.4, -0.2) is 24.4 Å². The van der Waals surface area contributed by atoms with Crippen molar-refractivity contribution in [3.05, 3.63) is 0 Å². The second-order valence-electron chi connectivity index (χ2n) is 5.14. The van der Waals surface area contributed by atoms with Crippen molar-refractivity contribution in [2.24, 2.45) is 11.8 Å². The third-order valence-electron chi connectivity index (χ3n) is 2.59. The highest BCUT2D eigenvalue weighted by molar-refractivity contribution is 4.55. The van der Waals surface area contributed by atoms with Gasteiger partial charge in [0.05, 0.1) is 12.7 Å². The van der Waals surface area contributed by atoms with E-state index in [0.717, 1.165) is 24.9 Å². The molecule has 0 aromatic rings. The van der Waals surface area contributed by atoms with Gasteiger partial charge >= 0.3 is 0 Å². The van der Waals surface area contributed by atoms with Gasteiger partial charge in [-0.15, -0.1) is 0 Å². The fraction of sp³-hybridized carbons (Fsp3) is 1.00. The Morgan fingerprint density at radius 3 is 2.20 bits per heavy atom. The molecule has 0 radical (unpaired) electrons. The van der Waals surface area contributed by atoms with Crippen LogP contribution in [0.5, 0.6) is 0 Å². The lowest BCUT2D eigenvalue weighted by atomic mass is 9.98. The van der Waals surface area contributed by atoms with Gasteiger partial charge in [0, 0.05) is 6.61 Å². The molecule has 0 aliphatic heterocycles. The maximum atomic E-state index is 9.00. The molecule has 0 saturated heterocycles. The Kier molecular flexibility index (Phi) is 9.12. The summed E-state index contributed by atoms with van der Waals surface area (Å²) in [5, 5.41) is 9.00. The molecule has 0 aliphatic carbocycles. The number of aliphatic hydroxyl groups is 1. The van der Waals surface area contributed by atoms with E-state index in [1.165, 1.54) is 19.3 Å². The summed E-state index contributed by atoms with van der Waals surface area (Å²) in [6.45, 7) is 9.84. The normalized spacial score (nSPS) is 15.6. The van der Waals surface area contributed by atoms with Gasteiger partial charge in [0.1, 0.15) is 0 Å². The summed E-state index contributed by atoms with van der Waals surface area (Å²) in [4.78, 5) is 0. The van der Waals surface area contributed by atoms with Gasteiger partial charge in [-0.2, -0.15) is 0 Å². The minimum Gasteiger partial charge on any atom is -0.391 e. The van der Waals surface area contributed by atoms with Crippen molar-refractivity contribution in [1.82, 2.24) is 0 Å². The van der Waals surface area contributed by atoms with Crippen molar-refractivity contribution in [2.75, 3.05) is 13.2 Å². The Balaban J connectivity index is 3.22. The number of ether oxygens (including phenoxy) is 1. The first-order valence-corrected chi connectivity index (χ1v) is 6.28. The largest absolute Gasteiger partial charge is 0.391 e. The number of aliphatic hydroxyl groups excluding tert-OH is 1. The molecule has 2 nitrogen and oxygen atoms in total. The maximum Gasteiger partial charge on any atom is 0.0745 e. The molecule has 0 fully saturated rings. The Hall–Kier alpha value is -0.0800. The maximum absolute atomic E-state index is 9.00. The van der Waals surface area contributed by atoms with Crippen molar-refractivity contribution in [3.63, 3.8) is 0 Å². The molecular weight excluding hydrogens is 188 g/mol. The summed E-state index contributed by atoms with van der Waals surface area (Å²) < 4.78 is 5.34. The van der Waals surface area contributed by atoms with Crippen LogP contribution in [0.2, 0.25) is 0 Å². The Morgan fingerprint density at radius 1 is 1.00 bits per heavy atom. The van der Waals surface area contributed by atoms with Crippen LogP contribution in [0, 0.1) is 11.8 Å². The summed E-state index contributed by atoms with van der Waals surface area (Å²) in [5.74, 6) is 1.57. The van der Waals surface area contributed by atoms with E-state index in [4.69, 9.17) is 9.84 Å². The second kappa shape index (κ2) is 9.17. The summed E-state index contributed by atoms with van der Waals surface area (Å²) >= 11 is 0. The summed E-state index contributed by atoms with van der Waals surface area (Å²) in [6.07, 6.45) is 4.75. The lowest BCUT2D eigenvalue weighted by molar-refractivity contribution is 0.0405. The molecule has 92 valence electrons. The Bertz CT molecular complexity index is 132. The van der Waals surface area contributed by atoms with Crippen LogP contribution in [0.25, 0.3) is 0 Å². The predicted molar refractivity (Wildman–Crippen MR) is 65.0 cm³/mol. The molecule has 1 N–H and O–H groups in total. The van der Waals surface area contributed by atoms with Gasteiger partial charge < -0.3 is 9.84 Å². The van der Waals surface area contributed by atoms with Gasteiger partial charge in [0.2, 0.25) is 0 Å². The third kappa shape index (κ3) is 11.8. The van der Waals surface area contributed by atoms with Gasteiger partial charge in [-0.05, 0) is 25.2 Å². The van der Waals surface area contributed by atoms with Crippen molar-refractivity contribution < 1.29 is 9.84 Å². The van der Waals surface area contributed by atoms with Crippen LogP contribution < -0.4 is 0 Å². The number of rotatable bonds is 9. The molecular formula is C13H28O2. The highest BCUT2D eigenvalue weighted by atomic mass is 16.5. The van der Waals surface area contributed by atoms with Gasteiger partial charge in [-0.3, -0.25) is 0 Å². The lowest BCUT2D eigenvalue weighted by Gasteiger charge is -2.13. The summed E-state index contributed by atoms with van der Waals surface area (Å²) in [5.41, 5.74) is 0. The fourth-order valence-electron chi connectivity index (χ4n) is 1.56. The van der Waals surface area contributed by atoms with E-state index in [-0.39, 0.29) is 6.10 Å². The summed E-state index contributed by atoms with van der Waals surface area (Å²) in [6, 6.07) is 0. The van der Waals surface area contributed by atoms with Crippen LogP contribution in [0.3, 0.4) is 0 Å². The zero-order chi connectivity index (χ0) is 11.7. The van der Waals surface area contributed by atoms with Crippen molar-refractivity contribution >= 4 is 0 Å². The second-order valence-corrected chi connectivity index (χ2v) is 5.14. The molecule has 0 aromatic carbocycles. The predicted octanol–water partition coefficient (Wildman–Crippen LogP) is 3.24. The molecule has 2 heteroatoms. The van der Waals surface area contributed by atoms with Gasteiger partial charge in [-0.1, -0.05) is 40.0 Å². The van der Waals surface area contributed by atoms with Crippen LogP contribution in [0.4, 0.5) is 0 Å². The molecule has 0 spiro atoms. The molecule has 0 aliphatic rings. The molecule has 15 heavy (non-hydrogen) atoms. The van der Waals surface area contributed by atoms with E-state index in [2.05, 4.69) is 20.8 Å². The summed E-state index contributed by atoms with van der Waals surface area (Å²) in [7, 11) is 0. The van der Waals surface area contributed by atoms with E-state index in [9.17, 15) is 0 Å². The van der Waals surface area contributed by atoms with Gasteiger partial charge in [0.15, 0.2) is 0 Å². The zero-order valence-corrected chi connectivity index (χ0v) is 10.8. The monoisotopic (exact) mass is 216 g/mol. The van der Waals surface area contributed by atoms with Crippen molar-refractivity contribution in [1.29, 1.82) is 0 Å². The molecule has 0 aromatic heterocycles. The third-order valence-corrected chi connectivity index (χ3v) is 2.59. The molecule has 0 bridgehead atoms. The van der Waals surface area contributed by atoms with Gasteiger partial charge in [0.25, 0.3) is 0 Å². The Labute approximate surface area is 95.0 Å². The van der Waals surface area contributed by atoms with Crippen molar-refractivity contribution in [3.8, 4) is 0 Å². The van der Waals surface area contributed by atoms with Crippen molar-refractivity contribution in [2.45, 2.75) is 59.5 Å². The first kappa shape index (κ1) is 14.9. The molecule has 0 rings (SSSR count). The Morgan fingerprint density at radius 2 is 1.67 bits per heavy atom. The smallest absolute Gasteiger partial charge is 0.0745 e. The highest BCUT2D eigenvalue weighted by Gasteiger charge is 2.03. The van der Waals surface area contributed by atoms with Crippen LogP contribution >= 0.6 is 0 Å². The SMILES string of the molecule is CC(C)CCCC(C)CCOCC(C)O. The van der Waals surface area contributed by atoms with Crippen LogP contribution in [0.15, 0.2) is 0 Å². The average Bonchev–Trinajstić information content (AvgIpc) is 2.11. The zero-order valence-electron chi connectivity index (χ0n) is 10.8.